The number of aromatic nitrogens is 3. The Bertz CT molecular complexity index is 793. The van der Waals surface area contributed by atoms with Gasteiger partial charge in [0.15, 0.2) is 12.4 Å². The number of benzene rings is 1. The maximum absolute atomic E-state index is 11.8. The highest BCUT2D eigenvalue weighted by atomic mass is 32.1. The number of hydrogen-bond donors (Lipinski definition) is 2. The molecule has 2 aromatic heterocycles. The van der Waals surface area contributed by atoms with Crippen LogP contribution >= 0.6 is 11.3 Å². The van der Waals surface area contributed by atoms with E-state index < -0.39 is 5.97 Å². The normalized spacial score (nSPS) is 10.3. The summed E-state index contributed by atoms with van der Waals surface area (Å²) in [5.74, 6) is 0.212. The fourth-order valence-electron chi connectivity index (χ4n) is 1.80. The van der Waals surface area contributed by atoms with E-state index in [1.54, 1.807) is 17.5 Å². The summed E-state index contributed by atoms with van der Waals surface area (Å²) in [7, 11) is 0. The Morgan fingerprint density at radius 3 is 2.70 bits per heavy atom. The van der Waals surface area contributed by atoms with Gasteiger partial charge < -0.3 is 15.8 Å². The Morgan fingerprint density at radius 2 is 1.96 bits per heavy atom. The molecule has 116 valence electrons. The number of nitrogens with zero attached hydrogens (tertiary/aromatic N) is 3. The van der Waals surface area contributed by atoms with Crippen LogP contribution in [0.4, 0.5) is 17.6 Å². The highest BCUT2D eigenvalue weighted by molar-refractivity contribution is 7.11. The molecule has 1 aromatic carbocycles. The van der Waals surface area contributed by atoms with Gasteiger partial charge in [0.05, 0.1) is 0 Å². The number of thiophene rings is 1. The standard InChI is InChI=1S/C15H13N5O2S/c16-14-18-12(9-22-13(21)11-7-4-8-23-11)19-15(20-14)17-10-5-2-1-3-6-10/h1-8H,9H2,(H3,16,17,18,19,20). The minimum absolute atomic E-state index is 0.0561. The van der Waals surface area contributed by atoms with Crippen molar-refractivity contribution in [3.8, 4) is 0 Å². The molecular formula is C15H13N5O2S. The molecule has 0 bridgehead atoms. The zero-order chi connectivity index (χ0) is 16.1. The van der Waals surface area contributed by atoms with Gasteiger partial charge >= 0.3 is 5.97 Å². The number of anilines is 3. The highest BCUT2D eigenvalue weighted by Gasteiger charge is 2.11. The average molecular weight is 327 g/mol. The van der Waals surface area contributed by atoms with Gasteiger partial charge in [-0.05, 0) is 23.6 Å². The van der Waals surface area contributed by atoms with Crippen LogP contribution in [0.15, 0.2) is 47.8 Å². The Morgan fingerprint density at radius 1 is 1.13 bits per heavy atom. The molecule has 0 aliphatic heterocycles. The smallest absolute Gasteiger partial charge is 0.348 e. The molecule has 3 aromatic rings. The van der Waals surface area contributed by atoms with Gasteiger partial charge in [-0.1, -0.05) is 24.3 Å². The van der Waals surface area contributed by atoms with E-state index in [4.69, 9.17) is 10.5 Å². The van der Waals surface area contributed by atoms with Gasteiger partial charge in [0.25, 0.3) is 0 Å². The van der Waals surface area contributed by atoms with Crippen LogP contribution < -0.4 is 11.1 Å². The Labute approximate surface area is 136 Å². The minimum atomic E-state index is -0.420. The summed E-state index contributed by atoms with van der Waals surface area (Å²) in [5.41, 5.74) is 6.49. The highest BCUT2D eigenvalue weighted by Crippen LogP contribution is 2.14. The molecular weight excluding hydrogens is 314 g/mol. The number of ether oxygens (including phenoxy) is 1. The Balaban J connectivity index is 1.69. The van der Waals surface area contributed by atoms with Crippen molar-refractivity contribution < 1.29 is 9.53 Å². The zero-order valence-corrected chi connectivity index (χ0v) is 12.8. The molecule has 0 amide bonds. The van der Waals surface area contributed by atoms with Gasteiger partial charge in [0.1, 0.15) is 4.88 Å². The van der Waals surface area contributed by atoms with Crippen molar-refractivity contribution in [2.45, 2.75) is 6.61 Å². The number of nitrogen functional groups attached to an aromatic ring is 1. The molecule has 0 atom stereocenters. The summed E-state index contributed by atoms with van der Waals surface area (Å²) in [5, 5.41) is 4.82. The summed E-state index contributed by atoms with van der Waals surface area (Å²) < 4.78 is 5.17. The predicted octanol–water partition coefficient (Wildman–Crippen LogP) is 2.62. The number of rotatable bonds is 5. The number of carbonyl (C=O) groups is 1. The lowest BCUT2D eigenvalue weighted by molar-refractivity contribution is 0.0468. The van der Waals surface area contributed by atoms with E-state index in [1.807, 2.05) is 30.3 Å². The average Bonchev–Trinajstić information content (AvgIpc) is 3.07. The first kappa shape index (κ1) is 14.9. The van der Waals surface area contributed by atoms with Crippen LogP contribution in [0.25, 0.3) is 0 Å². The second-order valence-electron chi connectivity index (χ2n) is 4.48. The zero-order valence-electron chi connectivity index (χ0n) is 12.0. The van der Waals surface area contributed by atoms with Crippen molar-refractivity contribution in [1.82, 2.24) is 15.0 Å². The Kier molecular flexibility index (Phi) is 4.44. The van der Waals surface area contributed by atoms with E-state index in [-0.39, 0.29) is 18.4 Å². The van der Waals surface area contributed by atoms with Crippen molar-refractivity contribution in [2.75, 3.05) is 11.1 Å². The second kappa shape index (κ2) is 6.84. The summed E-state index contributed by atoms with van der Waals surface area (Å²) in [6.07, 6.45) is 0. The Hall–Kier alpha value is -3.00. The van der Waals surface area contributed by atoms with Crippen LogP contribution in [0.2, 0.25) is 0 Å². The molecule has 0 saturated carbocycles. The molecule has 0 aliphatic carbocycles. The van der Waals surface area contributed by atoms with Gasteiger partial charge in [-0.3, -0.25) is 0 Å². The molecule has 0 aliphatic rings. The molecule has 7 nitrogen and oxygen atoms in total. The van der Waals surface area contributed by atoms with Crippen molar-refractivity contribution in [1.29, 1.82) is 0 Å². The summed E-state index contributed by atoms with van der Waals surface area (Å²) in [6, 6.07) is 12.9. The SMILES string of the molecule is Nc1nc(COC(=O)c2cccs2)nc(Nc2ccccc2)n1. The van der Waals surface area contributed by atoms with Gasteiger partial charge in [-0.15, -0.1) is 11.3 Å². The van der Waals surface area contributed by atoms with Gasteiger partial charge in [-0.25, -0.2) is 4.79 Å². The lowest BCUT2D eigenvalue weighted by Gasteiger charge is -2.07. The van der Waals surface area contributed by atoms with E-state index in [1.165, 1.54) is 11.3 Å². The van der Waals surface area contributed by atoms with Crippen LogP contribution in [-0.2, 0) is 11.3 Å². The molecule has 0 unspecified atom stereocenters. The molecule has 23 heavy (non-hydrogen) atoms. The predicted molar refractivity (Wildman–Crippen MR) is 87.4 cm³/mol. The second-order valence-corrected chi connectivity index (χ2v) is 5.43. The monoisotopic (exact) mass is 327 g/mol. The first-order chi connectivity index (χ1) is 11.2. The number of nitrogens with one attached hydrogen (secondary N) is 1. The van der Waals surface area contributed by atoms with Crippen LogP contribution in [-0.4, -0.2) is 20.9 Å². The van der Waals surface area contributed by atoms with Crippen molar-refractivity contribution in [3.63, 3.8) is 0 Å². The van der Waals surface area contributed by atoms with Gasteiger partial charge in [0, 0.05) is 5.69 Å². The molecule has 8 heteroatoms. The van der Waals surface area contributed by atoms with Gasteiger partial charge in [0.2, 0.25) is 11.9 Å². The summed E-state index contributed by atoms with van der Waals surface area (Å²) >= 11 is 1.31. The minimum Gasteiger partial charge on any atom is -0.453 e. The molecule has 2 heterocycles. The van der Waals surface area contributed by atoms with E-state index in [9.17, 15) is 4.79 Å². The van der Waals surface area contributed by atoms with Crippen LogP contribution in [0.5, 0.6) is 0 Å². The number of esters is 1. The molecule has 3 rings (SSSR count). The third-order valence-electron chi connectivity index (χ3n) is 2.78. The topological polar surface area (TPSA) is 103 Å². The molecule has 0 radical (unpaired) electrons. The lowest BCUT2D eigenvalue weighted by Crippen LogP contribution is -2.10. The van der Waals surface area contributed by atoms with Crippen LogP contribution in [0.3, 0.4) is 0 Å². The summed E-state index contributed by atoms with van der Waals surface area (Å²) in [4.78, 5) is 24.5. The van der Waals surface area contributed by atoms with Gasteiger partial charge in [-0.2, -0.15) is 15.0 Å². The fraction of sp³-hybridized carbons (Fsp3) is 0.0667. The number of nitrogens with two attached hydrogens (primary N) is 1. The lowest BCUT2D eigenvalue weighted by atomic mass is 10.3. The van der Waals surface area contributed by atoms with E-state index in [2.05, 4.69) is 20.3 Å². The van der Waals surface area contributed by atoms with E-state index >= 15 is 0 Å². The third-order valence-corrected chi connectivity index (χ3v) is 3.63. The number of hydrogen-bond acceptors (Lipinski definition) is 8. The molecule has 3 N–H and O–H groups in total. The quantitative estimate of drug-likeness (QED) is 0.694. The molecule has 0 saturated heterocycles. The maximum atomic E-state index is 11.8. The van der Waals surface area contributed by atoms with Crippen molar-refractivity contribution >= 4 is 34.9 Å². The number of carbonyl (C=O) groups excluding carboxylic acids is 1. The maximum Gasteiger partial charge on any atom is 0.348 e. The first-order valence-corrected chi connectivity index (χ1v) is 7.62. The van der Waals surface area contributed by atoms with E-state index in [0.717, 1.165) is 5.69 Å². The van der Waals surface area contributed by atoms with Crippen molar-refractivity contribution in [3.05, 3.63) is 58.5 Å². The largest absolute Gasteiger partial charge is 0.453 e. The van der Waals surface area contributed by atoms with E-state index in [0.29, 0.717) is 10.8 Å². The molecule has 0 spiro atoms. The summed E-state index contributed by atoms with van der Waals surface area (Å²) in [6.45, 7) is -0.0765. The number of para-hydroxylation sites is 1. The first-order valence-electron chi connectivity index (χ1n) is 6.74. The molecule has 0 fully saturated rings. The van der Waals surface area contributed by atoms with Crippen LogP contribution in [0, 0.1) is 0 Å². The van der Waals surface area contributed by atoms with Crippen molar-refractivity contribution in [2.24, 2.45) is 0 Å². The fourth-order valence-corrected chi connectivity index (χ4v) is 2.42. The van der Waals surface area contributed by atoms with Crippen LogP contribution in [0.1, 0.15) is 15.5 Å². The third kappa shape index (κ3) is 4.01.